The molecule has 0 saturated carbocycles. The molecule has 130 valence electrons. The van der Waals surface area contributed by atoms with Crippen LogP contribution in [0.4, 0.5) is 0 Å². The summed E-state index contributed by atoms with van der Waals surface area (Å²) in [6.07, 6.45) is 3.11. The maximum absolute atomic E-state index is 12.4. The Labute approximate surface area is 145 Å². The number of halogens is 1. The van der Waals surface area contributed by atoms with Crippen LogP contribution < -0.4 is 4.72 Å². The summed E-state index contributed by atoms with van der Waals surface area (Å²) in [5.41, 5.74) is 0.377. The zero-order valence-corrected chi connectivity index (χ0v) is 14.9. The van der Waals surface area contributed by atoms with E-state index in [4.69, 9.17) is 11.6 Å². The smallest absolute Gasteiger partial charge is 0.268 e. The van der Waals surface area contributed by atoms with Crippen molar-refractivity contribution in [3.05, 3.63) is 41.4 Å². The SMILES string of the molecule is CN(C)CCCS(=O)(=O)NC(=O)c1c(Cl)cccc1-n1cncn1. The van der Waals surface area contributed by atoms with E-state index in [1.807, 2.05) is 19.0 Å². The zero-order valence-electron chi connectivity index (χ0n) is 13.3. The van der Waals surface area contributed by atoms with E-state index < -0.39 is 15.9 Å². The van der Waals surface area contributed by atoms with Crippen LogP contribution in [0, 0.1) is 0 Å². The summed E-state index contributed by atoms with van der Waals surface area (Å²) >= 11 is 6.09. The molecule has 1 aromatic carbocycles. The summed E-state index contributed by atoms with van der Waals surface area (Å²) in [7, 11) is -0.0640. The third kappa shape index (κ3) is 4.76. The van der Waals surface area contributed by atoms with Crippen molar-refractivity contribution < 1.29 is 13.2 Å². The average Bonchev–Trinajstić information content (AvgIpc) is 2.99. The van der Waals surface area contributed by atoms with Crippen molar-refractivity contribution >= 4 is 27.5 Å². The Bertz CT molecular complexity index is 806. The molecule has 0 aliphatic heterocycles. The molecule has 24 heavy (non-hydrogen) atoms. The van der Waals surface area contributed by atoms with Gasteiger partial charge in [-0.1, -0.05) is 17.7 Å². The van der Waals surface area contributed by atoms with Crippen LogP contribution in [0.3, 0.4) is 0 Å². The Morgan fingerprint density at radius 3 is 2.75 bits per heavy atom. The van der Waals surface area contributed by atoms with Gasteiger partial charge in [-0.3, -0.25) is 4.79 Å². The number of nitrogens with one attached hydrogen (secondary N) is 1. The van der Waals surface area contributed by atoms with E-state index in [9.17, 15) is 13.2 Å². The molecular weight excluding hydrogens is 354 g/mol. The van der Waals surface area contributed by atoms with Gasteiger partial charge in [0.1, 0.15) is 12.7 Å². The molecule has 2 rings (SSSR count). The Morgan fingerprint density at radius 2 is 2.12 bits per heavy atom. The van der Waals surface area contributed by atoms with Gasteiger partial charge in [-0.2, -0.15) is 5.10 Å². The van der Waals surface area contributed by atoms with Crippen LogP contribution in [0.1, 0.15) is 16.8 Å². The van der Waals surface area contributed by atoms with Gasteiger partial charge in [0, 0.05) is 0 Å². The fourth-order valence-corrected chi connectivity index (χ4v) is 3.33. The topological polar surface area (TPSA) is 97.2 Å². The van der Waals surface area contributed by atoms with Gasteiger partial charge >= 0.3 is 0 Å². The summed E-state index contributed by atoms with van der Waals surface area (Å²) in [6.45, 7) is 0.603. The maximum Gasteiger partial charge on any atom is 0.268 e. The second-order valence-electron chi connectivity index (χ2n) is 5.38. The van der Waals surface area contributed by atoms with Gasteiger partial charge in [-0.05, 0) is 39.2 Å². The minimum Gasteiger partial charge on any atom is -0.309 e. The minimum absolute atomic E-state index is 0.0286. The van der Waals surface area contributed by atoms with E-state index in [-0.39, 0.29) is 16.3 Å². The molecule has 8 nitrogen and oxygen atoms in total. The van der Waals surface area contributed by atoms with Crippen molar-refractivity contribution in [1.29, 1.82) is 0 Å². The largest absolute Gasteiger partial charge is 0.309 e. The first-order chi connectivity index (χ1) is 11.3. The summed E-state index contributed by atoms with van der Waals surface area (Å²) < 4.78 is 27.6. The number of carbonyl (C=O) groups excluding carboxylic acids is 1. The quantitative estimate of drug-likeness (QED) is 0.777. The van der Waals surface area contributed by atoms with Gasteiger partial charge in [0.2, 0.25) is 10.0 Å². The van der Waals surface area contributed by atoms with E-state index in [0.717, 1.165) is 0 Å². The van der Waals surface area contributed by atoms with Gasteiger partial charge in [0.25, 0.3) is 5.91 Å². The van der Waals surface area contributed by atoms with Crippen molar-refractivity contribution in [3.8, 4) is 5.69 Å². The van der Waals surface area contributed by atoms with Gasteiger partial charge in [0.15, 0.2) is 0 Å². The van der Waals surface area contributed by atoms with Gasteiger partial charge in [-0.25, -0.2) is 22.8 Å². The predicted octanol–water partition coefficient (Wildman–Crippen LogP) is 0.932. The minimum atomic E-state index is -3.76. The van der Waals surface area contributed by atoms with E-state index in [1.165, 1.54) is 23.4 Å². The van der Waals surface area contributed by atoms with E-state index in [0.29, 0.717) is 18.7 Å². The molecule has 0 spiro atoms. The molecule has 10 heteroatoms. The first-order valence-corrected chi connectivity index (χ1v) is 9.16. The lowest BCUT2D eigenvalue weighted by molar-refractivity contribution is 0.0981. The number of rotatable bonds is 7. The summed E-state index contributed by atoms with van der Waals surface area (Å²) in [6, 6.07) is 4.76. The van der Waals surface area contributed by atoms with Crippen LogP contribution in [0.2, 0.25) is 5.02 Å². The van der Waals surface area contributed by atoms with Crippen molar-refractivity contribution in [2.75, 3.05) is 26.4 Å². The number of hydrogen-bond donors (Lipinski definition) is 1. The lowest BCUT2D eigenvalue weighted by Crippen LogP contribution is -2.34. The number of amides is 1. The third-order valence-corrected chi connectivity index (χ3v) is 4.79. The number of sulfonamides is 1. The second kappa shape index (κ2) is 7.73. The van der Waals surface area contributed by atoms with Crippen molar-refractivity contribution in [2.24, 2.45) is 0 Å². The van der Waals surface area contributed by atoms with Crippen LogP contribution in [-0.2, 0) is 10.0 Å². The summed E-state index contributed by atoms with van der Waals surface area (Å²) in [4.78, 5) is 18.1. The Hall–Kier alpha value is -1.97. The van der Waals surface area contributed by atoms with E-state index in [2.05, 4.69) is 14.8 Å². The Kier molecular flexibility index (Phi) is 5.92. The van der Waals surface area contributed by atoms with Crippen molar-refractivity contribution in [3.63, 3.8) is 0 Å². The molecule has 1 amide bonds. The fourth-order valence-electron chi connectivity index (χ4n) is 2.08. The molecule has 0 aliphatic rings. The molecule has 0 fully saturated rings. The molecule has 0 radical (unpaired) electrons. The number of hydrogen-bond acceptors (Lipinski definition) is 6. The molecule has 0 atom stereocenters. The molecule has 1 N–H and O–H groups in total. The van der Waals surface area contributed by atoms with Crippen LogP contribution >= 0.6 is 11.6 Å². The maximum atomic E-state index is 12.4. The van der Waals surface area contributed by atoms with Gasteiger partial charge in [-0.15, -0.1) is 0 Å². The molecule has 0 bridgehead atoms. The first-order valence-electron chi connectivity index (χ1n) is 7.13. The summed E-state index contributed by atoms with van der Waals surface area (Å²) in [5, 5.41) is 4.08. The lowest BCUT2D eigenvalue weighted by atomic mass is 10.1. The molecule has 1 aromatic heterocycles. The highest BCUT2D eigenvalue weighted by Crippen LogP contribution is 2.22. The molecular formula is C14H18ClN5O3S. The number of carbonyl (C=O) groups is 1. The highest BCUT2D eigenvalue weighted by molar-refractivity contribution is 7.90. The van der Waals surface area contributed by atoms with E-state index in [1.54, 1.807) is 12.1 Å². The van der Waals surface area contributed by atoms with Crippen LogP contribution in [0.5, 0.6) is 0 Å². The Balaban J connectivity index is 2.21. The summed E-state index contributed by atoms with van der Waals surface area (Å²) in [5.74, 6) is -0.948. The zero-order chi connectivity index (χ0) is 17.7. The number of aromatic nitrogens is 3. The van der Waals surface area contributed by atoms with Gasteiger partial charge in [0.05, 0.1) is 22.0 Å². The monoisotopic (exact) mass is 371 g/mol. The molecule has 0 unspecified atom stereocenters. The van der Waals surface area contributed by atoms with Crippen LogP contribution in [-0.4, -0.2) is 60.4 Å². The first kappa shape index (κ1) is 18.4. The van der Waals surface area contributed by atoms with Crippen LogP contribution in [0.25, 0.3) is 5.69 Å². The third-order valence-electron chi connectivity index (χ3n) is 3.15. The molecule has 0 aliphatic carbocycles. The van der Waals surface area contributed by atoms with Gasteiger partial charge < -0.3 is 4.90 Å². The lowest BCUT2D eigenvalue weighted by Gasteiger charge is -2.13. The highest BCUT2D eigenvalue weighted by Gasteiger charge is 2.22. The molecule has 2 aromatic rings. The standard InChI is InChI=1S/C14H18ClN5O3S/c1-19(2)7-4-8-24(22,23)18-14(21)13-11(15)5-3-6-12(13)20-10-16-9-17-20/h3,5-6,9-10H,4,7-8H2,1-2H3,(H,18,21). The number of benzene rings is 1. The van der Waals surface area contributed by atoms with E-state index >= 15 is 0 Å². The van der Waals surface area contributed by atoms with Crippen LogP contribution in [0.15, 0.2) is 30.9 Å². The fraction of sp³-hybridized carbons (Fsp3) is 0.357. The molecule has 1 heterocycles. The highest BCUT2D eigenvalue weighted by atomic mass is 35.5. The molecule has 0 saturated heterocycles. The van der Waals surface area contributed by atoms with Crippen molar-refractivity contribution in [1.82, 2.24) is 24.4 Å². The Morgan fingerprint density at radius 1 is 1.38 bits per heavy atom. The normalized spacial score (nSPS) is 11.7. The number of nitrogens with zero attached hydrogens (tertiary/aromatic N) is 4. The average molecular weight is 372 g/mol. The predicted molar refractivity (Wildman–Crippen MR) is 90.8 cm³/mol. The van der Waals surface area contributed by atoms with Crippen molar-refractivity contribution in [2.45, 2.75) is 6.42 Å². The second-order valence-corrected chi connectivity index (χ2v) is 7.63.